The van der Waals surface area contributed by atoms with E-state index in [9.17, 15) is 4.79 Å². The molecule has 3 heterocycles. The molecule has 26 heavy (non-hydrogen) atoms. The van der Waals surface area contributed by atoms with Crippen LogP contribution in [-0.2, 0) is 19.4 Å². The number of quaternary nitrogens is 1. The van der Waals surface area contributed by atoms with Crippen LogP contribution >= 0.6 is 0 Å². The van der Waals surface area contributed by atoms with Gasteiger partial charge in [-0.3, -0.25) is 4.79 Å². The van der Waals surface area contributed by atoms with Gasteiger partial charge < -0.3 is 19.1 Å². The number of nitrogens with zero attached hydrogens (tertiary/aromatic N) is 2. The van der Waals surface area contributed by atoms with Crippen LogP contribution in [0.1, 0.15) is 39.9 Å². The highest BCUT2D eigenvalue weighted by atomic mass is 16.5. The minimum atomic E-state index is 0.0642. The van der Waals surface area contributed by atoms with Crippen molar-refractivity contribution in [1.29, 1.82) is 0 Å². The summed E-state index contributed by atoms with van der Waals surface area (Å²) in [7, 11) is 0. The van der Waals surface area contributed by atoms with Gasteiger partial charge in [0.05, 0.1) is 38.5 Å². The van der Waals surface area contributed by atoms with E-state index in [4.69, 9.17) is 9.26 Å². The molecule has 1 aromatic heterocycles. The molecule has 4 rings (SSSR count). The van der Waals surface area contributed by atoms with Crippen molar-refractivity contribution in [3.05, 3.63) is 46.3 Å². The number of ether oxygens (including phenoxy) is 1. The smallest absolute Gasteiger partial charge is 0.259 e. The number of carbonyl (C=O) groups excluding carboxylic acids is 1. The topological polar surface area (TPSA) is 60.0 Å². The standard InChI is InChI=1S/C20H25N3O3/c1-3-17-19(14(2)26-21-17)20(24)23-9-7-22(8-10-23)13-15-4-5-18-16(12-15)6-11-25-18/h4-5,12H,3,6-11,13H2,1-2H3/p+1. The van der Waals surface area contributed by atoms with E-state index in [1.54, 1.807) is 0 Å². The molecule has 138 valence electrons. The Labute approximate surface area is 153 Å². The van der Waals surface area contributed by atoms with Gasteiger partial charge in [0.1, 0.15) is 23.6 Å². The molecular weight excluding hydrogens is 330 g/mol. The molecule has 2 aliphatic rings. The minimum Gasteiger partial charge on any atom is -0.493 e. The molecule has 0 spiro atoms. The third-order valence-corrected chi connectivity index (χ3v) is 5.45. The Bertz CT molecular complexity index is 807. The van der Waals surface area contributed by atoms with Gasteiger partial charge >= 0.3 is 0 Å². The van der Waals surface area contributed by atoms with Crippen LogP contribution < -0.4 is 9.64 Å². The minimum absolute atomic E-state index is 0.0642. The summed E-state index contributed by atoms with van der Waals surface area (Å²) >= 11 is 0. The quantitative estimate of drug-likeness (QED) is 0.889. The average molecular weight is 356 g/mol. The number of fused-ring (bicyclic) bond motifs is 1. The van der Waals surface area contributed by atoms with Crippen molar-refractivity contribution in [2.45, 2.75) is 33.2 Å². The zero-order chi connectivity index (χ0) is 18.1. The van der Waals surface area contributed by atoms with Gasteiger partial charge in [0.2, 0.25) is 0 Å². The first kappa shape index (κ1) is 17.1. The van der Waals surface area contributed by atoms with E-state index in [0.29, 0.717) is 17.7 Å². The Balaban J connectivity index is 1.37. The third-order valence-electron chi connectivity index (χ3n) is 5.45. The second kappa shape index (κ2) is 7.11. The number of rotatable bonds is 4. The van der Waals surface area contributed by atoms with Crippen LogP contribution in [0.2, 0.25) is 0 Å². The van der Waals surface area contributed by atoms with Gasteiger partial charge in [-0.2, -0.15) is 0 Å². The van der Waals surface area contributed by atoms with Crippen LogP contribution in [0.5, 0.6) is 5.75 Å². The van der Waals surface area contributed by atoms with Crippen molar-refractivity contribution in [3.63, 3.8) is 0 Å². The SMILES string of the molecule is CCc1noc(C)c1C(=O)N1CC[NH+](Cc2ccc3c(c2)CCO3)CC1. The summed E-state index contributed by atoms with van der Waals surface area (Å²) in [6, 6.07) is 6.54. The second-order valence-corrected chi connectivity index (χ2v) is 7.17. The largest absolute Gasteiger partial charge is 0.493 e. The van der Waals surface area contributed by atoms with Gasteiger partial charge in [-0.25, -0.2) is 0 Å². The molecule has 6 heteroatoms. The van der Waals surface area contributed by atoms with Crippen molar-refractivity contribution in [3.8, 4) is 5.75 Å². The van der Waals surface area contributed by atoms with E-state index in [2.05, 4.69) is 23.4 Å². The zero-order valence-electron chi connectivity index (χ0n) is 15.5. The molecule has 0 atom stereocenters. The van der Waals surface area contributed by atoms with Gasteiger partial charge in [0.15, 0.2) is 0 Å². The summed E-state index contributed by atoms with van der Waals surface area (Å²) in [6.45, 7) is 9.09. The maximum Gasteiger partial charge on any atom is 0.259 e. The van der Waals surface area contributed by atoms with Crippen LogP contribution in [0.4, 0.5) is 0 Å². The number of aromatic nitrogens is 1. The van der Waals surface area contributed by atoms with Crippen LogP contribution in [0.25, 0.3) is 0 Å². The molecule has 1 N–H and O–H groups in total. The van der Waals surface area contributed by atoms with Gasteiger partial charge in [-0.1, -0.05) is 12.1 Å². The fourth-order valence-electron chi connectivity index (χ4n) is 3.93. The number of carbonyl (C=O) groups is 1. The third kappa shape index (κ3) is 3.21. The molecule has 1 fully saturated rings. The predicted octanol–water partition coefficient (Wildman–Crippen LogP) is 1.02. The van der Waals surface area contributed by atoms with E-state index in [1.165, 1.54) is 16.0 Å². The summed E-state index contributed by atoms with van der Waals surface area (Å²) in [5.74, 6) is 1.73. The van der Waals surface area contributed by atoms with Crippen molar-refractivity contribution in [2.24, 2.45) is 0 Å². The lowest BCUT2D eigenvalue weighted by atomic mass is 10.1. The number of aryl methyl sites for hydroxylation is 2. The number of piperazine rings is 1. The Kier molecular flexibility index (Phi) is 4.68. The van der Waals surface area contributed by atoms with Crippen LogP contribution in [-0.4, -0.2) is 48.7 Å². The normalized spacial score (nSPS) is 17.2. The number of amides is 1. The summed E-state index contributed by atoms with van der Waals surface area (Å²) in [5.41, 5.74) is 4.11. The van der Waals surface area contributed by atoms with E-state index in [1.807, 2.05) is 18.7 Å². The summed E-state index contributed by atoms with van der Waals surface area (Å²) in [4.78, 5) is 16.3. The van der Waals surface area contributed by atoms with Crippen molar-refractivity contribution >= 4 is 5.91 Å². The zero-order valence-corrected chi connectivity index (χ0v) is 15.5. The average Bonchev–Trinajstić information content (AvgIpc) is 3.27. The number of nitrogens with one attached hydrogen (secondary N) is 1. The van der Waals surface area contributed by atoms with E-state index in [0.717, 1.165) is 57.2 Å². The number of benzene rings is 1. The van der Waals surface area contributed by atoms with Crippen LogP contribution in [0.15, 0.2) is 22.7 Å². The Morgan fingerprint density at radius 2 is 2.12 bits per heavy atom. The van der Waals surface area contributed by atoms with Crippen LogP contribution in [0.3, 0.4) is 0 Å². The number of hydrogen-bond donors (Lipinski definition) is 1. The van der Waals surface area contributed by atoms with E-state index >= 15 is 0 Å². The molecule has 1 aromatic carbocycles. The van der Waals surface area contributed by atoms with Crippen molar-refractivity contribution in [1.82, 2.24) is 10.1 Å². The fraction of sp³-hybridized carbons (Fsp3) is 0.500. The van der Waals surface area contributed by atoms with Gasteiger partial charge in [-0.15, -0.1) is 0 Å². The number of hydrogen-bond acceptors (Lipinski definition) is 4. The molecule has 0 aliphatic carbocycles. The molecular formula is C20H26N3O3+. The van der Waals surface area contributed by atoms with Crippen molar-refractivity contribution < 1.29 is 19.0 Å². The van der Waals surface area contributed by atoms with Crippen molar-refractivity contribution in [2.75, 3.05) is 32.8 Å². The Morgan fingerprint density at radius 3 is 2.88 bits per heavy atom. The maximum atomic E-state index is 12.9. The lowest BCUT2D eigenvalue weighted by molar-refractivity contribution is -0.917. The fourth-order valence-corrected chi connectivity index (χ4v) is 3.93. The lowest BCUT2D eigenvalue weighted by Crippen LogP contribution is -3.13. The summed E-state index contributed by atoms with van der Waals surface area (Å²) in [6.07, 6.45) is 1.73. The van der Waals surface area contributed by atoms with E-state index < -0.39 is 0 Å². The highest BCUT2D eigenvalue weighted by molar-refractivity contribution is 5.96. The summed E-state index contributed by atoms with van der Waals surface area (Å²) in [5, 5.41) is 4.01. The van der Waals surface area contributed by atoms with Gasteiger partial charge in [-0.05, 0) is 37.1 Å². The predicted molar refractivity (Wildman–Crippen MR) is 96.6 cm³/mol. The second-order valence-electron chi connectivity index (χ2n) is 7.17. The lowest BCUT2D eigenvalue weighted by Gasteiger charge is -2.32. The highest BCUT2D eigenvalue weighted by Crippen LogP contribution is 2.25. The molecule has 1 saturated heterocycles. The summed E-state index contributed by atoms with van der Waals surface area (Å²) < 4.78 is 10.8. The van der Waals surface area contributed by atoms with E-state index in [-0.39, 0.29) is 5.91 Å². The first-order valence-electron chi connectivity index (χ1n) is 9.48. The molecule has 0 saturated carbocycles. The molecule has 2 aromatic rings. The highest BCUT2D eigenvalue weighted by Gasteiger charge is 2.29. The van der Waals surface area contributed by atoms with Gasteiger partial charge in [0, 0.05) is 12.0 Å². The van der Waals surface area contributed by atoms with Gasteiger partial charge in [0.25, 0.3) is 5.91 Å². The molecule has 6 nitrogen and oxygen atoms in total. The molecule has 0 unspecified atom stereocenters. The van der Waals surface area contributed by atoms with Crippen LogP contribution in [0, 0.1) is 6.92 Å². The Morgan fingerprint density at radius 1 is 1.31 bits per heavy atom. The molecule has 1 amide bonds. The molecule has 0 bridgehead atoms. The first-order chi connectivity index (χ1) is 12.7. The Hall–Kier alpha value is -2.34. The molecule has 2 aliphatic heterocycles. The first-order valence-corrected chi connectivity index (χ1v) is 9.48. The molecule has 0 radical (unpaired) electrons. The monoisotopic (exact) mass is 356 g/mol. The maximum absolute atomic E-state index is 12.9.